The van der Waals surface area contributed by atoms with Crippen molar-refractivity contribution >= 4 is 35.6 Å². The van der Waals surface area contributed by atoms with Gasteiger partial charge in [-0.15, -0.1) is 0 Å². The molecule has 0 saturated carbocycles. The summed E-state index contributed by atoms with van der Waals surface area (Å²) in [6.45, 7) is 8.04. The summed E-state index contributed by atoms with van der Waals surface area (Å²) in [6.07, 6.45) is -4.60. The molecule has 0 radical (unpaired) electrons. The van der Waals surface area contributed by atoms with Crippen molar-refractivity contribution in [3.63, 3.8) is 0 Å². The number of thioether (sulfide) groups is 1. The van der Waals surface area contributed by atoms with Gasteiger partial charge in [0, 0.05) is 39.1 Å². The van der Waals surface area contributed by atoms with E-state index in [0.717, 1.165) is 11.8 Å². The van der Waals surface area contributed by atoms with Crippen LogP contribution in [0.3, 0.4) is 0 Å². The molecule has 0 bridgehead atoms. The predicted octanol–water partition coefficient (Wildman–Crippen LogP) is 1.27. The molecule has 1 saturated heterocycles. The first kappa shape index (κ1) is 25.5. The summed E-state index contributed by atoms with van der Waals surface area (Å²) < 4.78 is 27.2. The number of ether oxygens (including phenoxy) is 5. The van der Waals surface area contributed by atoms with E-state index in [0.29, 0.717) is 16.5 Å². The third kappa shape index (κ3) is 7.45. The van der Waals surface area contributed by atoms with Crippen LogP contribution in [0.25, 0.3) is 0 Å². The quantitative estimate of drug-likeness (QED) is 0.322. The Hall–Kier alpha value is -2.73. The molecule has 1 aromatic heterocycles. The molecule has 2 rings (SSSR count). The maximum absolute atomic E-state index is 11.8. The molecular formula is C20H26N2O9S. The number of aromatic nitrogens is 2. The van der Waals surface area contributed by atoms with Crippen LogP contribution in [-0.4, -0.2) is 70.3 Å². The second kappa shape index (κ2) is 11.2. The molecule has 176 valence electrons. The maximum atomic E-state index is 11.8. The minimum Gasteiger partial charge on any atom is -0.463 e. The van der Waals surface area contributed by atoms with Gasteiger partial charge in [0.15, 0.2) is 28.9 Å². The van der Waals surface area contributed by atoms with Crippen LogP contribution in [-0.2, 0) is 42.9 Å². The summed E-state index contributed by atoms with van der Waals surface area (Å²) in [5.74, 6) is -2.62. The Labute approximate surface area is 189 Å². The number of hydrogen-bond acceptors (Lipinski definition) is 12. The second-order valence-corrected chi connectivity index (χ2v) is 8.18. The third-order valence-corrected chi connectivity index (χ3v) is 5.14. The van der Waals surface area contributed by atoms with E-state index < -0.39 is 53.7 Å². The van der Waals surface area contributed by atoms with Crippen LogP contribution in [0.2, 0.25) is 0 Å². The van der Waals surface area contributed by atoms with Crippen LogP contribution in [0.1, 0.15) is 39.1 Å². The highest BCUT2D eigenvalue weighted by atomic mass is 32.2. The van der Waals surface area contributed by atoms with Crippen LogP contribution in [0, 0.1) is 13.8 Å². The molecule has 11 nitrogen and oxygen atoms in total. The van der Waals surface area contributed by atoms with E-state index in [-0.39, 0.29) is 6.61 Å². The Kier molecular flexibility index (Phi) is 8.96. The van der Waals surface area contributed by atoms with Crippen molar-refractivity contribution < 1.29 is 42.9 Å². The molecule has 1 aliphatic heterocycles. The Bertz CT molecular complexity index is 858. The number of esters is 4. The van der Waals surface area contributed by atoms with Gasteiger partial charge in [0.1, 0.15) is 12.7 Å². The van der Waals surface area contributed by atoms with Gasteiger partial charge in [0.2, 0.25) is 0 Å². The van der Waals surface area contributed by atoms with Crippen LogP contribution >= 0.6 is 11.8 Å². The molecular weight excluding hydrogens is 444 g/mol. The maximum Gasteiger partial charge on any atom is 0.303 e. The number of rotatable bonds is 7. The number of hydrogen-bond donors (Lipinski definition) is 0. The monoisotopic (exact) mass is 470 g/mol. The fourth-order valence-corrected chi connectivity index (χ4v) is 4.28. The topological polar surface area (TPSA) is 140 Å². The van der Waals surface area contributed by atoms with Crippen molar-refractivity contribution in [1.82, 2.24) is 9.97 Å². The lowest BCUT2D eigenvalue weighted by atomic mass is 9.99. The van der Waals surface area contributed by atoms with Crippen molar-refractivity contribution in [2.24, 2.45) is 0 Å². The SMILES string of the molecule is CC(=O)OC[C@@H]1O[C@H](Sc2nc(C)cc(C)n2)[C@H](OC(C)=O)[C@H](OC(C)=O)[C@H]1OC(C)=O. The Morgan fingerprint density at radius 1 is 0.844 bits per heavy atom. The van der Waals surface area contributed by atoms with Gasteiger partial charge in [-0.25, -0.2) is 9.97 Å². The average molecular weight is 471 g/mol. The predicted molar refractivity (Wildman–Crippen MR) is 109 cm³/mol. The fraction of sp³-hybridized carbons (Fsp3) is 0.600. The van der Waals surface area contributed by atoms with Crippen LogP contribution in [0.4, 0.5) is 0 Å². The first-order valence-electron chi connectivity index (χ1n) is 9.75. The minimum atomic E-state index is -1.22. The average Bonchev–Trinajstić information content (AvgIpc) is 2.63. The second-order valence-electron chi connectivity index (χ2n) is 7.12. The third-order valence-electron chi connectivity index (χ3n) is 4.13. The highest BCUT2D eigenvalue weighted by Gasteiger charge is 2.52. The zero-order valence-corrected chi connectivity index (χ0v) is 19.5. The first-order chi connectivity index (χ1) is 15.0. The van der Waals surface area contributed by atoms with Gasteiger partial charge in [0.05, 0.1) is 0 Å². The van der Waals surface area contributed by atoms with Crippen LogP contribution in [0.15, 0.2) is 11.2 Å². The molecule has 0 amide bonds. The van der Waals surface area contributed by atoms with Gasteiger partial charge in [-0.1, -0.05) is 11.8 Å². The van der Waals surface area contributed by atoms with Gasteiger partial charge >= 0.3 is 23.9 Å². The molecule has 1 fully saturated rings. The van der Waals surface area contributed by atoms with E-state index in [2.05, 4.69) is 9.97 Å². The first-order valence-corrected chi connectivity index (χ1v) is 10.6. The molecule has 5 atom stereocenters. The number of nitrogens with zero attached hydrogens (tertiary/aromatic N) is 2. The Balaban J connectivity index is 2.47. The van der Waals surface area contributed by atoms with Gasteiger partial charge in [0.25, 0.3) is 0 Å². The van der Waals surface area contributed by atoms with Gasteiger partial charge in [-0.3, -0.25) is 19.2 Å². The number of carbonyl (C=O) groups is 4. The Morgan fingerprint density at radius 3 is 1.84 bits per heavy atom. The normalized spacial score (nSPS) is 24.9. The lowest BCUT2D eigenvalue weighted by Crippen LogP contribution is -2.61. The molecule has 0 aromatic carbocycles. The van der Waals surface area contributed by atoms with Gasteiger partial charge in [-0.2, -0.15) is 0 Å². The molecule has 32 heavy (non-hydrogen) atoms. The number of aryl methyl sites for hydroxylation is 2. The molecule has 12 heteroatoms. The van der Waals surface area contributed by atoms with Gasteiger partial charge in [-0.05, 0) is 19.9 Å². The van der Waals surface area contributed by atoms with Gasteiger partial charge < -0.3 is 23.7 Å². The molecule has 0 N–H and O–H groups in total. The Morgan fingerprint density at radius 2 is 1.34 bits per heavy atom. The highest BCUT2D eigenvalue weighted by Crippen LogP contribution is 2.36. The molecule has 1 aliphatic rings. The van der Waals surface area contributed by atoms with Crippen LogP contribution in [0.5, 0.6) is 0 Å². The van der Waals surface area contributed by atoms with Crippen molar-refractivity contribution in [2.75, 3.05) is 6.61 Å². The fourth-order valence-electron chi connectivity index (χ4n) is 3.13. The summed E-state index contributed by atoms with van der Waals surface area (Å²) in [7, 11) is 0. The molecule has 0 aliphatic carbocycles. The summed E-state index contributed by atoms with van der Waals surface area (Å²) in [5.41, 5.74) is 0.466. The molecule has 1 aromatic rings. The highest BCUT2D eigenvalue weighted by molar-refractivity contribution is 7.99. The van der Waals surface area contributed by atoms with E-state index in [4.69, 9.17) is 23.7 Å². The zero-order valence-electron chi connectivity index (χ0n) is 18.6. The minimum absolute atomic E-state index is 0.289. The van der Waals surface area contributed by atoms with Crippen molar-refractivity contribution in [1.29, 1.82) is 0 Å². The summed E-state index contributed by atoms with van der Waals surface area (Å²) >= 11 is 1.04. The lowest BCUT2D eigenvalue weighted by molar-refractivity contribution is -0.237. The zero-order chi connectivity index (χ0) is 24.0. The van der Waals surface area contributed by atoms with E-state index in [1.165, 1.54) is 27.7 Å². The standard InChI is InChI=1S/C20H26N2O9S/c1-9-7-10(2)22-20(21-9)32-19-18(30-14(6)26)17(29-13(5)25)16(28-12(4)24)15(31-19)8-27-11(3)23/h7,15-19H,8H2,1-6H3/t15-,16-,17+,18+,19+/m0/s1. The summed E-state index contributed by atoms with van der Waals surface area (Å²) in [5, 5.41) is 0.336. The van der Waals surface area contributed by atoms with Crippen molar-refractivity contribution in [3.8, 4) is 0 Å². The molecule has 0 spiro atoms. The summed E-state index contributed by atoms with van der Waals surface area (Å²) in [4.78, 5) is 55.5. The summed E-state index contributed by atoms with van der Waals surface area (Å²) in [6, 6.07) is 1.79. The molecule has 2 heterocycles. The smallest absolute Gasteiger partial charge is 0.303 e. The molecule has 0 unspecified atom stereocenters. The van der Waals surface area contributed by atoms with E-state index in [9.17, 15) is 19.2 Å². The number of carbonyl (C=O) groups excluding carboxylic acids is 4. The van der Waals surface area contributed by atoms with E-state index in [1.54, 1.807) is 19.9 Å². The largest absolute Gasteiger partial charge is 0.463 e. The van der Waals surface area contributed by atoms with E-state index in [1.807, 2.05) is 0 Å². The van der Waals surface area contributed by atoms with Crippen molar-refractivity contribution in [3.05, 3.63) is 17.5 Å². The van der Waals surface area contributed by atoms with E-state index >= 15 is 0 Å². The lowest BCUT2D eigenvalue weighted by Gasteiger charge is -2.43. The van der Waals surface area contributed by atoms with Crippen LogP contribution < -0.4 is 0 Å². The van der Waals surface area contributed by atoms with Crippen molar-refractivity contribution in [2.45, 2.75) is 76.6 Å².